The Morgan fingerprint density at radius 3 is 2.58 bits per heavy atom. The first-order valence-corrected chi connectivity index (χ1v) is 12.3. The van der Waals surface area contributed by atoms with Crippen molar-refractivity contribution in [2.75, 3.05) is 11.9 Å². The summed E-state index contributed by atoms with van der Waals surface area (Å²) in [5, 5.41) is 5.58. The maximum atomic E-state index is 13.6. The van der Waals surface area contributed by atoms with Crippen LogP contribution < -0.4 is 10.6 Å². The number of urea groups is 1. The summed E-state index contributed by atoms with van der Waals surface area (Å²) < 4.78 is 13.4. The number of fused-ring (bicyclic) bond motifs is 2. The number of anilines is 1. The highest BCUT2D eigenvalue weighted by Gasteiger charge is 2.56. The van der Waals surface area contributed by atoms with E-state index in [1.165, 1.54) is 19.1 Å². The second kappa shape index (κ2) is 9.04. The van der Waals surface area contributed by atoms with Crippen LogP contribution in [-0.4, -0.2) is 46.1 Å². The summed E-state index contributed by atoms with van der Waals surface area (Å²) in [6.07, 6.45) is 3.00. The van der Waals surface area contributed by atoms with E-state index >= 15 is 0 Å². The van der Waals surface area contributed by atoms with E-state index in [9.17, 15) is 23.6 Å². The number of imide groups is 1. The number of hydrogen-bond donors (Lipinski definition) is 2. The number of halogens is 1. The molecule has 2 aromatic rings. The quantitative estimate of drug-likeness (QED) is 0.580. The lowest BCUT2D eigenvalue weighted by atomic mass is 9.91. The zero-order valence-electron chi connectivity index (χ0n) is 20.3. The lowest BCUT2D eigenvalue weighted by Crippen LogP contribution is -2.47. The molecule has 1 saturated heterocycles. The van der Waals surface area contributed by atoms with Crippen molar-refractivity contribution < 1.29 is 23.6 Å². The molecule has 9 heteroatoms. The molecule has 1 unspecified atom stereocenters. The van der Waals surface area contributed by atoms with Crippen LogP contribution in [0.4, 0.5) is 14.9 Å². The van der Waals surface area contributed by atoms with Crippen LogP contribution in [-0.2, 0) is 32.9 Å². The molecule has 2 fully saturated rings. The van der Waals surface area contributed by atoms with Crippen LogP contribution in [0.15, 0.2) is 42.5 Å². The van der Waals surface area contributed by atoms with Crippen molar-refractivity contribution in [3.63, 3.8) is 0 Å². The standard InChI is InChI=1S/C27H29FN4O4/c1-16(19-5-6-19)31(14-18-3-7-21(28)8-4-18)24(34)15-32-25(35)27(30-26(32)36)12-11-20-13-22(29-17(2)33)9-10-23(20)27/h3-4,7-10,13,16,19H,5-6,11-12,14-15H2,1-2H3,(H,29,33)(H,30,36)/t16-,27?/m0/s1. The van der Waals surface area contributed by atoms with Crippen molar-refractivity contribution in [2.45, 2.75) is 57.7 Å². The van der Waals surface area contributed by atoms with Crippen molar-refractivity contribution in [3.05, 3.63) is 65.0 Å². The fourth-order valence-corrected chi connectivity index (χ4v) is 5.38. The third-order valence-corrected chi connectivity index (χ3v) is 7.51. The highest BCUT2D eigenvalue weighted by atomic mass is 19.1. The Labute approximate surface area is 208 Å². The first kappa shape index (κ1) is 24.0. The maximum absolute atomic E-state index is 13.6. The molecule has 8 nitrogen and oxygen atoms in total. The Balaban J connectivity index is 1.35. The molecular formula is C27H29FN4O4. The average Bonchev–Trinajstić information content (AvgIpc) is 3.59. The highest BCUT2D eigenvalue weighted by Crippen LogP contribution is 2.42. The zero-order valence-corrected chi connectivity index (χ0v) is 20.3. The molecule has 0 radical (unpaired) electrons. The predicted octanol–water partition coefficient (Wildman–Crippen LogP) is 3.30. The van der Waals surface area contributed by atoms with Crippen LogP contribution in [0.3, 0.4) is 0 Å². The topological polar surface area (TPSA) is 98.8 Å². The largest absolute Gasteiger partial charge is 0.334 e. The molecule has 5 rings (SSSR count). The van der Waals surface area contributed by atoms with Crippen LogP contribution in [0.2, 0.25) is 0 Å². The smallest absolute Gasteiger partial charge is 0.325 e. The molecule has 188 valence electrons. The van der Waals surface area contributed by atoms with Gasteiger partial charge < -0.3 is 15.5 Å². The van der Waals surface area contributed by atoms with Crippen molar-refractivity contribution in [1.82, 2.24) is 15.1 Å². The van der Waals surface area contributed by atoms with Crippen molar-refractivity contribution >= 4 is 29.4 Å². The molecule has 5 amide bonds. The minimum Gasteiger partial charge on any atom is -0.334 e. The third kappa shape index (κ3) is 4.34. The van der Waals surface area contributed by atoms with Crippen molar-refractivity contribution in [2.24, 2.45) is 5.92 Å². The molecule has 2 atom stereocenters. The number of benzene rings is 2. The summed E-state index contributed by atoms with van der Waals surface area (Å²) in [6.45, 7) is 3.32. The van der Waals surface area contributed by atoms with E-state index < -0.39 is 17.5 Å². The number of carbonyl (C=O) groups excluding carboxylic acids is 4. The molecule has 36 heavy (non-hydrogen) atoms. The summed E-state index contributed by atoms with van der Waals surface area (Å²) in [6, 6.07) is 10.6. The van der Waals surface area contributed by atoms with Gasteiger partial charge in [-0.25, -0.2) is 9.18 Å². The molecule has 2 aliphatic carbocycles. The second-order valence-corrected chi connectivity index (χ2v) is 10.0. The van der Waals surface area contributed by atoms with Crippen LogP contribution in [0.1, 0.15) is 49.8 Å². The molecular weight excluding hydrogens is 463 g/mol. The van der Waals surface area contributed by atoms with Gasteiger partial charge in [0.2, 0.25) is 11.8 Å². The van der Waals surface area contributed by atoms with Gasteiger partial charge in [0.15, 0.2) is 0 Å². The average molecular weight is 493 g/mol. The molecule has 1 spiro atoms. The van der Waals surface area contributed by atoms with Crippen molar-refractivity contribution in [1.29, 1.82) is 0 Å². The van der Waals surface area contributed by atoms with Crippen molar-refractivity contribution in [3.8, 4) is 0 Å². The van der Waals surface area contributed by atoms with E-state index in [0.29, 0.717) is 30.0 Å². The highest BCUT2D eigenvalue weighted by molar-refractivity contribution is 6.10. The molecule has 3 aliphatic rings. The van der Waals surface area contributed by atoms with Gasteiger partial charge in [-0.2, -0.15) is 0 Å². The van der Waals surface area contributed by atoms with E-state index in [4.69, 9.17) is 0 Å². The van der Waals surface area contributed by atoms with Gasteiger partial charge in [0.05, 0.1) is 0 Å². The van der Waals surface area contributed by atoms with Crippen LogP contribution >= 0.6 is 0 Å². The Hall–Kier alpha value is -3.75. The molecule has 0 bridgehead atoms. The summed E-state index contributed by atoms with van der Waals surface area (Å²) >= 11 is 0. The number of amides is 5. The van der Waals surface area contributed by atoms with Gasteiger partial charge in [-0.15, -0.1) is 0 Å². The second-order valence-electron chi connectivity index (χ2n) is 10.0. The number of nitrogens with zero attached hydrogens (tertiary/aromatic N) is 2. The molecule has 1 aliphatic heterocycles. The third-order valence-electron chi connectivity index (χ3n) is 7.51. The van der Waals surface area contributed by atoms with Gasteiger partial charge in [0, 0.05) is 25.2 Å². The molecule has 1 heterocycles. The van der Waals surface area contributed by atoms with Gasteiger partial charge in [0.1, 0.15) is 17.9 Å². The number of nitrogens with one attached hydrogen (secondary N) is 2. The first-order chi connectivity index (χ1) is 17.2. The fourth-order valence-electron chi connectivity index (χ4n) is 5.38. The molecule has 1 saturated carbocycles. The van der Waals surface area contributed by atoms with Gasteiger partial charge in [-0.05, 0) is 79.5 Å². The first-order valence-electron chi connectivity index (χ1n) is 12.3. The van der Waals surface area contributed by atoms with Gasteiger partial charge in [-0.1, -0.05) is 18.2 Å². The lowest BCUT2D eigenvalue weighted by Gasteiger charge is -2.31. The van der Waals surface area contributed by atoms with Gasteiger partial charge in [-0.3, -0.25) is 19.3 Å². The number of carbonyl (C=O) groups is 4. The SMILES string of the molecule is CC(=O)Nc1ccc2c(c1)CCC21NC(=O)N(CC(=O)N(Cc2ccc(F)cc2)[C@@H](C)C2CC2)C1=O. The van der Waals surface area contributed by atoms with Crippen LogP contribution in [0.5, 0.6) is 0 Å². The van der Waals surface area contributed by atoms with E-state index in [-0.39, 0.29) is 36.8 Å². The summed E-state index contributed by atoms with van der Waals surface area (Å²) in [5.74, 6) is -0.921. The molecule has 0 aromatic heterocycles. The van der Waals surface area contributed by atoms with Gasteiger partial charge in [0.25, 0.3) is 5.91 Å². The Bertz CT molecular complexity index is 1240. The summed E-state index contributed by atoms with van der Waals surface area (Å²) in [7, 11) is 0. The minimum atomic E-state index is -1.20. The van der Waals surface area contributed by atoms with E-state index in [0.717, 1.165) is 28.9 Å². The number of hydrogen-bond acceptors (Lipinski definition) is 4. The molecule has 2 aromatic carbocycles. The monoisotopic (exact) mass is 492 g/mol. The summed E-state index contributed by atoms with van der Waals surface area (Å²) in [5.41, 5.74) is 1.78. The fraction of sp³-hybridized carbons (Fsp3) is 0.407. The predicted molar refractivity (Wildman–Crippen MR) is 130 cm³/mol. The summed E-state index contributed by atoms with van der Waals surface area (Å²) in [4.78, 5) is 54.1. The van der Waals surface area contributed by atoms with Crippen LogP contribution in [0, 0.1) is 11.7 Å². The van der Waals surface area contributed by atoms with E-state index in [1.807, 2.05) is 13.0 Å². The Morgan fingerprint density at radius 1 is 1.19 bits per heavy atom. The Morgan fingerprint density at radius 2 is 1.92 bits per heavy atom. The van der Waals surface area contributed by atoms with Crippen LogP contribution in [0.25, 0.3) is 0 Å². The lowest BCUT2D eigenvalue weighted by molar-refractivity contribution is -0.141. The number of aryl methyl sites for hydroxylation is 1. The van der Waals surface area contributed by atoms with Gasteiger partial charge >= 0.3 is 6.03 Å². The zero-order chi connectivity index (χ0) is 25.6. The normalized spacial score (nSPS) is 21.4. The maximum Gasteiger partial charge on any atom is 0.325 e. The van der Waals surface area contributed by atoms with E-state index in [1.54, 1.807) is 29.2 Å². The number of rotatable bonds is 7. The minimum absolute atomic E-state index is 0.0586. The Kier molecular flexibility index (Phi) is 6.02. The molecule has 2 N–H and O–H groups in total. The van der Waals surface area contributed by atoms with E-state index in [2.05, 4.69) is 10.6 Å².